The lowest BCUT2D eigenvalue weighted by molar-refractivity contribution is 0.0793. The second kappa shape index (κ2) is 4.96. The maximum absolute atomic E-state index is 12.2. The fraction of sp³-hybridized carbons (Fsp3) is 0.462. The maximum Gasteiger partial charge on any atom is 0.253 e. The molecule has 0 aromatic heterocycles. The van der Waals surface area contributed by atoms with Crippen molar-refractivity contribution in [3.63, 3.8) is 0 Å². The fourth-order valence-corrected chi connectivity index (χ4v) is 2.27. The number of carbonyl (C=O) groups is 1. The quantitative estimate of drug-likeness (QED) is 0.754. The van der Waals surface area contributed by atoms with Gasteiger partial charge in [-0.3, -0.25) is 4.79 Å². The van der Waals surface area contributed by atoms with Gasteiger partial charge in [-0.25, -0.2) is 0 Å². The summed E-state index contributed by atoms with van der Waals surface area (Å²) in [6.07, 6.45) is 0.890. The molecular weight excluding hydrogens is 236 g/mol. The van der Waals surface area contributed by atoms with E-state index in [9.17, 15) is 4.79 Å². The van der Waals surface area contributed by atoms with Crippen LogP contribution in [0.5, 0.6) is 0 Å². The lowest BCUT2D eigenvalue weighted by Gasteiger charge is -2.17. The highest BCUT2D eigenvalue weighted by molar-refractivity contribution is 6.21. The second-order valence-corrected chi connectivity index (χ2v) is 5.20. The zero-order valence-corrected chi connectivity index (χ0v) is 10.9. The van der Waals surface area contributed by atoms with Gasteiger partial charge in [-0.1, -0.05) is 6.07 Å². The molecule has 3 nitrogen and oxygen atoms in total. The molecule has 1 aliphatic heterocycles. The van der Waals surface area contributed by atoms with Gasteiger partial charge in [0.1, 0.15) is 0 Å². The number of amides is 1. The summed E-state index contributed by atoms with van der Waals surface area (Å²) in [5.74, 6) is 0.0804. The molecule has 17 heavy (non-hydrogen) atoms. The average Bonchev–Trinajstić information content (AvgIpc) is 2.75. The number of likely N-dealkylation sites (tertiary alicyclic amines) is 1. The highest BCUT2D eigenvalue weighted by Crippen LogP contribution is 2.20. The van der Waals surface area contributed by atoms with Crippen LogP contribution in [-0.2, 0) is 0 Å². The first-order valence-electron chi connectivity index (χ1n) is 5.78. The van der Waals surface area contributed by atoms with E-state index in [0.717, 1.165) is 24.2 Å². The highest BCUT2D eigenvalue weighted by atomic mass is 35.5. The van der Waals surface area contributed by atoms with Gasteiger partial charge in [-0.2, -0.15) is 0 Å². The standard InChI is InChI=1S/C13H17ClN2O/c1-15(2)12-5-3-4-10(8-12)13(17)16-7-6-11(14)9-16/h3-5,8,11H,6-7,9H2,1-2H3. The maximum atomic E-state index is 12.2. The Hall–Kier alpha value is -1.22. The predicted octanol–water partition coefficient (Wildman–Crippen LogP) is 2.21. The van der Waals surface area contributed by atoms with Crippen molar-refractivity contribution < 1.29 is 4.79 Å². The number of nitrogens with zero attached hydrogens (tertiary/aromatic N) is 2. The van der Waals surface area contributed by atoms with Gasteiger partial charge in [0.2, 0.25) is 0 Å². The summed E-state index contributed by atoms with van der Waals surface area (Å²) < 4.78 is 0. The molecule has 1 atom stereocenters. The Balaban J connectivity index is 2.16. The van der Waals surface area contributed by atoms with E-state index in [4.69, 9.17) is 11.6 Å². The third kappa shape index (κ3) is 2.72. The molecule has 0 spiro atoms. The van der Waals surface area contributed by atoms with Crippen LogP contribution >= 0.6 is 11.6 Å². The number of alkyl halides is 1. The van der Waals surface area contributed by atoms with Gasteiger partial charge in [0.05, 0.1) is 5.38 Å². The summed E-state index contributed by atoms with van der Waals surface area (Å²) in [7, 11) is 3.93. The zero-order chi connectivity index (χ0) is 12.4. The normalized spacial score (nSPS) is 19.5. The summed E-state index contributed by atoms with van der Waals surface area (Å²) in [6, 6.07) is 7.68. The minimum absolute atomic E-state index is 0.0804. The van der Waals surface area contributed by atoms with Crippen molar-refractivity contribution in [3.05, 3.63) is 29.8 Å². The highest BCUT2D eigenvalue weighted by Gasteiger charge is 2.25. The molecule has 1 heterocycles. The Labute approximate surface area is 107 Å². The molecule has 1 aromatic carbocycles. The van der Waals surface area contributed by atoms with Crippen LogP contribution in [0.25, 0.3) is 0 Å². The number of hydrogen-bond donors (Lipinski definition) is 0. The topological polar surface area (TPSA) is 23.6 Å². The first-order chi connectivity index (χ1) is 8.08. The SMILES string of the molecule is CN(C)c1cccc(C(=O)N2CCC(Cl)C2)c1. The van der Waals surface area contributed by atoms with E-state index in [1.165, 1.54) is 0 Å². The minimum Gasteiger partial charge on any atom is -0.378 e. The van der Waals surface area contributed by atoms with Gasteiger partial charge in [0, 0.05) is 38.4 Å². The van der Waals surface area contributed by atoms with Crippen LogP contribution in [0.4, 0.5) is 5.69 Å². The molecule has 1 aromatic rings. The molecule has 1 aliphatic rings. The lowest BCUT2D eigenvalue weighted by atomic mass is 10.1. The molecule has 1 saturated heterocycles. The number of carbonyl (C=O) groups excluding carboxylic acids is 1. The minimum atomic E-state index is 0.0804. The Morgan fingerprint density at radius 1 is 1.47 bits per heavy atom. The number of anilines is 1. The van der Waals surface area contributed by atoms with E-state index in [1.807, 2.05) is 48.2 Å². The summed E-state index contributed by atoms with van der Waals surface area (Å²) in [4.78, 5) is 16.0. The van der Waals surface area contributed by atoms with Gasteiger partial charge in [-0.15, -0.1) is 11.6 Å². The van der Waals surface area contributed by atoms with Crippen LogP contribution in [0.1, 0.15) is 16.8 Å². The van der Waals surface area contributed by atoms with Crippen molar-refractivity contribution in [1.29, 1.82) is 0 Å². The molecular formula is C13H17ClN2O. The summed E-state index contributed by atoms with van der Waals surface area (Å²) in [5.41, 5.74) is 1.78. The van der Waals surface area contributed by atoms with Crippen molar-refractivity contribution >= 4 is 23.2 Å². The largest absolute Gasteiger partial charge is 0.378 e. The fourth-order valence-electron chi connectivity index (χ4n) is 2.00. The number of hydrogen-bond acceptors (Lipinski definition) is 2. The Morgan fingerprint density at radius 3 is 2.82 bits per heavy atom. The average molecular weight is 253 g/mol. The van der Waals surface area contributed by atoms with E-state index in [0.29, 0.717) is 6.54 Å². The Morgan fingerprint density at radius 2 is 2.24 bits per heavy atom. The van der Waals surface area contributed by atoms with E-state index >= 15 is 0 Å². The molecule has 1 fully saturated rings. The van der Waals surface area contributed by atoms with Gasteiger partial charge in [0.15, 0.2) is 0 Å². The molecule has 0 N–H and O–H groups in total. The van der Waals surface area contributed by atoms with Crippen LogP contribution in [-0.4, -0.2) is 43.4 Å². The van der Waals surface area contributed by atoms with E-state index in [-0.39, 0.29) is 11.3 Å². The van der Waals surface area contributed by atoms with Crippen LogP contribution in [0.3, 0.4) is 0 Å². The zero-order valence-electron chi connectivity index (χ0n) is 10.2. The molecule has 0 saturated carbocycles. The van der Waals surface area contributed by atoms with Crippen LogP contribution < -0.4 is 4.90 Å². The van der Waals surface area contributed by atoms with Crippen molar-refractivity contribution in [2.45, 2.75) is 11.8 Å². The molecule has 1 unspecified atom stereocenters. The van der Waals surface area contributed by atoms with Crippen molar-refractivity contribution in [2.75, 3.05) is 32.1 Å². The first kappa shape index (κ1) is 12.2. The van der Waals surface area contributed by atoms with Crippen molar-refractivity contribution in [1.82, 2.24) is 4.90 Å². The molecule has 1 amide bonds. The molecule has 0 aliphatic carbocycles. The Bertz CT molecular complexity index is 420. The molecule has 0 radical (unpaired) electrons. The van der Waals surface area contributed by atoms with E-state index in [1.54, 1.807) is 0 Å². The summed E-state index contributed by atoms with van der Waals surface area (Å²) in [6.45, 7) is 1.42. The summed E-state index contributed by atoms with van der Waals surface area (Å²) in [5, 5.41) is 0.107. The smallest absolute Gasteiger partial charge is 0.253 e. The third-order valence-corrected chi connectivity index (χ3v) is 3.38. The van der Waals surface area contributed by atoms with Gasteiger partial charge < -0.3 is 9.80 Å². The van der Waals surface area contributed by atoms with Crippen molar-refractivity contribution in [2.24, 2.45) is 0 Å². The lowest BCUT2D eigenvalue weighted by Crippen LogP contribution is -2.28. The number of rotatable bonds is 2. The molecule has 0 bridgehead atoms. The first-order valence-corrected chi connectivity index (χ1v) is 6.22. The Kier molecular flexibility index (Phi) is 3.57. The molecule has 4 heteroatoms. The van der Waals surface area contributed by atoms with Gasteiger partial charge in [-0.05, 0) is 24.6 Å². The number of halogens is 1. The summed E-state index contributed by atoms with van der Waals surface area (Å²) >= 11 is 6.02. The monoisotopic (exact) mass is 252 g/mol. The van der Waals surface area contributed by atoms with Crippen molar-refractivity contribution in [3.8, 4) is 0 Å². The third-order valence-electron chi connectivity index (χ3n) is 3.03. The van der Waals surface area contributed by atoms with Crippen LogP contribution in [0.15, 0.2) is 24.3 Å². The molecule has 2 rings (SSSR count). The van der Waals surface area contributed by atoms with Crippen LogP contribution in [0, 0.1) is 0 Å². The second-order valence-electron chi connectivity index (χ2n) is 4.58. The van der Waals surface area contributed by atoms with Gasteiger partial charge >= 0.3 is 0 Å². The van der Waals surface area contributed by atoms with Crippen LogP contribution in [0.2, 0.25) is 0 Å². The van der Waals surface area contributed by atoms with E-state index in [2.05, 4.69) is 0 Å². The van der Waals surface area contributed by atoms with E-state index < -0.39 is 0 Å². The van der Waals surface area contributed by atoms with Gasteiger partial charge in [0.25, 0.3) is 5.91 Å². The molecule has 92 valence electrons. The number of benzene rings is 1. The predicted molar refractivity (Wildman–Crippen MR) is 70.9 cm³/mol.